The van der Waals surface area contributed by atoms with Gasteiger partial charge in [0.1, 0.15) is 5.82 Å². The highest BCUT2D eigenvalue weighted by Crippen LogP contribution is 2.19. The molecule has 0 saturated carbocycles. The summed E-state index contributed by atoms with van der Waals surface area (Å²) in [6, 6.07) is 6.01. The molecule has 26 heavy (non-hydrogen) atoms. The molecule has 1 aromatic carbocycles. The fraction of sp³-hybridized carbons (Fsp3) is 0.368. The first-order chi connectivity index (χ1) is 12.5. The van der Waals surface area contributed by atoms with Gasteiger partial charge in [0.05, 0.1) is 16.8 Å². The van der Waals surface area contributed by atoms with Crippen molar-refractivity contribution in [2.45, 2.75) is 38.8 Å². The summed E-state index contributed by atoms with van der Waals surface area (Å²) in [5.74, 6) is 1.29. The number of carbonyl (C=O) groups is 1. The van der Waals surface area contributed by atoms with E-state index in [9.17, 15) is 4.79 Å². The van der Waals surface area contributed by atoms with Crippen LogP contribution in [0.3, 0.4) is 0 Å². The Morgan fingerprint density at radius 3 is 2.85 bits per heavy atom. The van der Waals surface area contributed by atoms with Gasteiger partial charge in [-0.2, -0.15) is 0 Å². The molecule has 0 saturated heterocycles. The average Bonchev–Trinajstić information content (AvgIpc) is 3.04. The zero-order valence-corrected chi connectivity index (χ0v) is 16.1. The molecule has 0 atom stereocenters. The minimum absolute atomic E-state index is 0.00354. The second kappa shape index (κ2) is 8.31. The monoisotopic (exact) mass is 369 g/mol. The Bertz CT molecular complexity index is 921. The summed E-state index contributed by atoms with van der Waals surface area (Å²) in [6.07, 6.45) is 3.36. The maximum absolute atomic E-state index is 11.9. The predicted octanol–water partition coefficient (Wildman–Crippen LogP) is 3.12. The van der Waals surface area contributed by atoms with Gasteiger partial charge in [-0.1, -0.05) is 17.8 Å². The van der Waals surface area contributed by atoms with E-state index in [1.54, 1.807) is 6.20 Å². The van der Waals surface area contributed by atoms with Gasteiger partial charge >= 0.3 is 0 Å². The molecule has 0 unspecified atom stereocenters. The molecule has 2 N–H and O–H groups in total. The van der Waals surface area contributed by atoms with Crippen molar-refractivity contribution >= 4 is 28.7 Å². The van der Waals surface area contributed by atoms with Crippen LogP contribution < -0.4 is 5.32 Å². The van der Waals surface area contributed by atoms with Crippen molar-refractivity contribution in [3.8, 4) is 0 Å². The highest BCUT2D eigenvalue weighted by atomic mass is 32.2. The van der Waals surface area contributed by atoms with Crippen LogP contribution in [0, 0.1) is 20.8 Å². The number of aromatic amines is 1. The van der Waals surface area contributed by atoms with E-state index in [0.29, 0.717) is 17.5 Å². The lowest BCUT2D eigenvalue weighted by Crippen LogP contribution is -2.26. The van der Waals surface area contributed by atoms with Crippen LogP contribution in [-0.2, 0) is 11.2 Å². The van der Waals surface area contributed by atoms with Crippen LogP contribution in [0.15, 0.2) is 29.6 Å². The van der Waals surface area contributed by atoms with E-state index >= 15 is 0 Å². The average molecular weight is 369 g/mol. The van der Waals surface area contributed by atoms with Crippen molar-refractivity contribution in [2.75, 3.05) is 12.3 Å². The van der Waals surface area contributed by atoms with Crippen LogP contribution in [0.2, 0.25) is 0 Å². The predicted molar refractivity (Wildman–Crippen MR) is 104 cm³/mol. The number of benzene rings is 1. The van der Waals surface area contributed by atoms with Crippen molar-refractivity contribution in [1.82, 2.24) is 25.3 Å². The van der Waals surface area contributed by atoms with Gasteiger partial charge in [0, 0.05) is 24.9 Å². The van der Waals surface area contributed by atoms with E-state index in [1.165, 1.54) is 22.9 Å². The minimum Gasteiger partial charge on any atom is -0.355 e. The third-order valence-electron chi connectivity index (χ3n) is 4.25. The molecule has 6 nitrogen and oxygen atoms in total. The molecule has 0 bridgehead atoms. The van der Waals surface area contributed by atoms with Gasteiger partial charge in [0.15, 0.2) is 5.16 Å². The van der Waals surface area contributed by atoms with Crippen molar-refractivity contribution < 1.29 is 4.79 Å². The number of carbonyl (C=O) groups excluding carboxylic acids is 1. The molecular formula is C19H23N5OS. The first-order valence-electron chi connectivity index (χ1n) is 8.67. The number of hydrogen-bond donors (Lipinski definition) is 2. The third-order valence-corrected chi connectivity index (χ3v) is 5.11. The molecule has 0 fully saturated rings. The maximum atomic E-state index is 11.9. The Morgan fingerprint density at radius 2 is 2.04 bits per heavy atom. The van der Waals surface area contributed by atoms with Crippen LogP contribution >= 0.6 is 11.8 Å². The number of thioether (sulfide) groups is 1. The van der Waals surface area contributed by atoms with Gasteiger partial charge in [0.25, 0.3) is 0 Å². The number of rotatable bonds is 7. The Balaban J connectivity index is 1.42. The fourth-order valence-electron chi connectivity index (χ4n) is 2.64. The van der Waals surface area contributed by atoms with Crippen molar-refractivity contribution in [2.24, 2.45) is 0 Å². The number of hydrogen-bond acceptors (Lipinski definition) is 5. The van der Waals surface area contributed by atoms with Gasteiger partial charge in [-0.3, -0.25) is 4.79 Å². The van der Waals surface area contributed by atoms with Gasteiger partial charge in [-0.15, -0.1) is 0 Å². The minimum atomic E-state index is -0.00354. The molecule has 136 valence electrons. The number of aryl methyl sites for hydroxylation is 4. The first kappa shape index (κ1) is 18.4. The van der Waals surface area contributed by atoms with Gasteiger partial charge in [-0.05, 0) is 50.5 Å². The van der Waals surface area contributed by atoms with Gasteiger partial charge in [-0.25, -0.2) is 15.0 Å². The summed E-state index contributed by atoms with van der Waals surface area (Å²) in [7, 11) is 0. The molecule has 0 aliphatic carbocycles. The number of nitrogens with one attached hydrogen (secondary N) is 2. The number of H-pyrrole nitrogens is 1. The molecular weight excluding hydrogens is 346 g/mol. The molecule has 2 aromatic heterocycles. The number of aromatic nitrogens is 4. The maximum Gasteiger partial charge on any atom is 0.230 e. The van der Waals surface area contributed by atoms with Crippen LogP contribution in [0.25, 0.3) is 11.0 Å². The summed E-state index contributed by atoms with van der Waals surface area (Å²) in [5, 5.41) is 3.57. The van der Waals surface area contributed by atoms with Crippen molar-refractivity contribution in [3.63, 3.8) is 0 Å². The number of nitrogens with zero attached hydrogens (tertiary/aromatic N) is 3. The lowest BCUT2D eigenvalue weighted by Gasteiger charge is -2.04. The molecule has 0 radical (unpaired) electrons. The fourth-order valence-corrected chi connectivity index (χ4v) is 3.35. The number of fused-ring (bicyclic) bond motifs is 1. The summed E-state index contributed by atoms with van der Waals surface area (Å²) in [4.78, 5) is 28.4. The number of amides is 1. The molecule has 0 aliphatic rings. The standard InChI is InChI=1S/C19H23N5OS/c1-12-6-7-15-18(14(12)3)24-16(23-15)5-4-9-20-17(25)11-26-19-21-10-8-13(2)22-19/h6-8,10H,4-5,9,11H2,1-3H3,(H,20,25)(H,23,24). The van der Waals surface area contributed by atoms with Crippen LogP contribution in [-0.4, -0.2) is 38.1 Å². The molecule has 3 aromatic rings. The van der Waals surface area contributed by atoms with Gasteiger partial charge < -0.3 is 10.3 Å². The first-order valence-corrected chi connectivity index (χ1v) is 9.65. The van der Waals surface area contributed by atoms with Gasteiger partial charge in [0.2, 0.25) is 5.91 Å². The summed E-state index contributed by atoms with van der Waals surface area (Å²) >= 11 is 1.35. The van der Waals surface area contributed by atoms with Crippen LogP contribution in [0.5, 0.6) is 0 Å². The second-order valence-corrected chi connectivity index (χ2v) is 7.25. The molecule has 0 spiro atoms. The van der Waals surface area contributed by atoms with Crippen LogP contribution in [0.4, 0.5) is 0 Å². The van der Waals surface area contributed by atoms with Crippen LogP contribution in [0.1, 0.15) is 29.1 Å². The van der Waals surface area contributed by atoms with E-state index in [2.05, 4.69) is 51.2 Å². The zero-order chi connectivity index (χ0) is 18.5. The quantitative estimate of drug-likeness (QED) is 0.380. The van der Waals surface area contributed by atoms with E-state index in [-0.39, 0.29) is 5.91 Å². The second-order valence-electron chi connectivity index (χ2n) is 6.31. The normalized spacial score (nSPS) is 11.0. The number of imidazole rings is 1. The lowest BCUT2D eigenvalue weighted by molar-refractivity contribution is -0.118. The summed E-state index contributed by atoms with van der Waals surface area (Å²) in [5.41, 5.74) is 5.48. The summed E-state index contributed by atoms with van der Waals surface area (Å²) in [6.45, 7) is 6.73. The Kier molecular flexibility index (Phi) is 5.88. The van der Waals surface area contributed by atoms with E-state index in [0.717, 1.165) is 35.4 Å². The smallest absolute Gasteiger partial charge is 0.230 e. The Morgan fingerprint density at radius 1 is 1.19 bits per heavy atom. The largest absolute Gasteiger partial charge is 0.355 e. The lowest BCUT2D eigenvalue weighted by atomic mass is 10.1. The third kappa shape index (κ3) is 4.60. The van der Waals surface area contributed by atoms with Crippen molar-refractivity contribution in [3.05, 3.63) is 47.0 Å². The Hall–Kier alpha value is -2.41. The molecule has 2 heterocycles. The molecule has 1 amide bonds. The molecule has 3 rings (SSSR count). The Labute approximate surface area is 157 Å². The summed E-state index contributed by atoms with van der Waals surface area (Å²) < 4.78 is 0. The SMILES string of the molecule is Cc1ccnc(SCC(=O)NCCCc2nc3c(C)c(C)ccc3[nH]2)n1. The highest BCUT2D eigenvalue weighted by molar-refractivity contribution is 7.99. The van der Waals surface area contributed by atoms with E-state index < -0.39 is 0 Å². The van der Waals surface area contributed by atoms with Crippen molar-refractivity contribution in [1.29, 1.82) is 0 Å². The van der Waals surface area contributed by atoms with E-state index in [4.69, 9.17) is 0 Å². The molecule has 0 aliphatic heterocycles. The topological polar surface area (TPSA) is 83.6 Å². The molecule has 7 heteroatoms. The zero-order valence-electron chi connectivity index (χ0n) is 15.3. The highest BCUT2D eigenvalue weighted by Gasteiger charge is 2.08. The van der Waals surface area contributed by atoms with E-state index in [1.807, 2.05) is 13.0 Å².